The van der Waals surface area contributed by atoms with Crippen LogP contribution in [0, 0.1) is 0 Å². The van der Waals surface area contributed by atoms with Gasteiger partial charge in [0.15, 0.2) is 0 Å². The van der Waals surface area contributed by atoms with Crippen LogP contribution in [0.2, 0.25) is 0 Å². The molecule has 1 unspecified atom stereocenters. The predicted molar refractivity (Wildman–Crippen MR) is 89.8 cm³/mol. The lowest BCUT2D eigenvalue weighted by atomic mass is 9.97. The standard InChI is InChI=1S/C17H19N7O/c25-17(15-20-12-21-22-15)24-8-1-2-14(11-24)16-19-7-9-23(16)10-13-3-5-18-6-4-13/h3-7,9,12,14H,1-2,8,10-11H2,(H,20,21,22). The van der Waals surface area contributed by atoms with Gasteiger partial charge in [-0.1, -0.05) is 0 Å². The van der Waals surface area contributed by atoms with Gasteiger partial charge in [0.1, 0.15) is 12.2 Å². The third-order valence-corrected chi connectivity index (χ3v) is 4.54. The summed E-state index contributed by atoms with van der Waals surface area (Å²) in [6, 6.07) is 4.01. The third kappa shape index (κ3) is 3.28. The Morgan fingerprint density at radius 2 is 2.12 bits per heavy atom. The maximum atomic E-state index is 12.5. The van der Waals surface area contributed by atoms with E-state index in [4.69, 9.17) is 0 Å². The lowest BCUT2D eigenvalue weighted by molar-refractivity contribution is 0.0691. The van der Waals surface area contributed by atoms with Gasteiger partial charge >= 0.3 is 0 Å². The minimum absolute atomic E-state index is 0.102. The highest BCUT2D eigenvalue weighted by molar-refractivity contribution is 5.90. The number of carbonyl (C=O) groups excluding carboxylic acids is 1. The maximum absolute atomic E-state index is 12.5. The largest absolute Gasteiger partial charge is 0.335 e. The van der Waals surface area contributed by atoms with Crippen LogP contribution in [-0.4, -0.2) is 53.6 Å². The van der Waals surface area contributed by atoms with E-state index in [1.165, 1.54) is 11.9 Å². The average Bonchev–Trinajstić information content (AvgIpc) is 3.34. The number of aromatic nitrogens is 6. The van der Waals surface area contributed by atoms with Gasteiger partial charge in [0.05, 0.1) is 0 Å². The highest BCUT2D eigenvalue weighted by atomic mass is 16.2. The van der Waals surface area contributed by atoms with E-state index in [2.05, 4.69) is 29.7 Å². The Balaban J connectivity index is 1.50. The summed E-state index contributed by atoms with van der Waals surface area (Å²) in [5, 5.41) is 6.41. The van der Waals surface area contributed by atoms with Gasteiger partial charge in [0, 0.05) is 50.3 Å². The van der Waals surface area contributed by atoms with Crippen LogP contribution in [0.3, 0.4) is 0 Å². The van der Waals surface area contributed by atoms with Gasteiger partial charge in [-0.2, -0.15) is 5.10 Å². The summed E-state index contributed by atoms with van der Waals surface area (Å²) < 4.78 is 2.16. The van der Waals surface area contributed by atoms with E-state index in [1.807, 2.05) is 29.4 Å². The number of likely N-dealkylation sites (tertiary alicyclic amines) is 1. The highest BCUT2D eigenvalue weighted by Gasteiger charge is 2.29. The number of hydrogen-bond acceptors (Lipinski definition) is 5. The summed E-state index contributed by atoms with van der Waals surface area (Å²) in [6.45, 7) is 2.14. The molecule has 0 bridgehead atoms. The van der Waals surface area contributed by atoms with Crippen LogP contribution in [0.1, 0.15) is 40.8 Å². The van der Waals surface area contributed by atoms with Crippen molar-refractivity contribution in [2.75, 3.05) is 13.1 Å². The molecule has 0 saturated carbocycles. The van der Waals surface area contributed by atoms with Gasteiger partial charge in [-0.25, -0.2) is 9.97 Å². The number of piperidine rings is 1. The van der Waals surface area contributed by atoms with E-state index < -0.39 is 0 Å². The minimum atomic E-state index is -0.102. The Morgan fingerprint density at radius 1 is 1.24 bits per heavy atom. The summed E-state index contributed by atoms with van der Waals surface area (Å²) in [5.41, 5.74) is 1.18. The molecule has 8 nitrogen and oxygen atoms in total. The molecule has 0 radical (unpaired) electrons. The van der Waals surface area contributed by atoms with Gasteiger partial charge in [0.2, 0.25) is 5.82 Å². The van der Waals surface area contributed by atoms with E-state index in [-0.39, 0.29) is 11.8 Å². The molecule has 1 aliphatic heterocycles. The van der Waals surface area contributed by atoms with Crippen molar-refractivity contribution in [2.24, 2.45) is 0 Å². The van der Waals surface area contributed by atoms with Gasteiger partial charge in [-0.05, 0) is 30.5 Å². The molecule has 0 aliphatic carbocycles. The molecule has 1 amide bonds. The molecule has 4 rings (SSSR count). The van der Waals surface area contributed by atoms with E-state index in [1.54, 1.807) is 12.4 Å². The number of amides is 1. The number of aromatic amines is 1. The van der Waals surface area contributed by atoms with Gasteiger partial charge in [0.25, 0.3) is 5.91 Å². The molecule has 3 aromatic heterocycles. The second-order valence-corrected chi connectivity index (χ2v) is 6.19. The van der Waals surface area contributed by atoms with Gasteiger partial charge in [-0.15, -0.1) is 0 Å². The molecular formula is C17H19N7O. The molecule has 1 atom stereocenters. The first-order valence-corrected chi connectivity index (χ1v) is 8.36. The fraction of sp³-hybridized carbons (Fsp3) is 0.353. The number of carbonyl (C=O) groups is 1. The molecule has 0 aromatic carbocycles. The number of rotatable bonds is 4. The van der Waals surface area contributed by atoms with Gasteiger partial charge < -0.3 is 9.47 Å². The van der Waals surface area contributed by atoms with Crippen LogP contribution in [0.15, 0.2) is 43.2 Å². The zero-order valence-electron chi connectivity index (χ0n) is 13.7. The second kappa shape index (κ2) is 6.84. The van der Waals surface area contributed by atoms with E-state index in [0.717, 1.165) is 31.8 Å². The number of hydrogen-bond donors (Lipinski definition) is 1. The monoisotopic (exact) mass is 337 g/mol. The fourth-order valence-corrected chi connectivity index (χ4v) is 3.33. The van der Waals surface area contributed by atoms with Crippen molar-refractivity contribution in [1.82, 2.24) is 34.6 Å². The molecule has 8 heteroatoms. The van der Waals surface area contributed by atoms with Crippen LogP contribution in [0.5, 0.6) is 0 Å². The summed E-state index contributed by atoms with van der Waals surface area (Å²) in [6.07, 6.45) is 10.7. The smallest absolute Gasteiger partial charge is 0.291 e. The summed E-state index contributed by atoms with van der Waals surface area (Å²) in [4.78, 5) is 26.9. The number of nitrogens with zero attached hydrogens (tertiary/aromatic N) is 6. The normalized spacial score (nSPS) is 17.6. The summed E-state index contributed by atoms with van der Waals surface area (Å²) in [7, 11) is 0. The molecule has 1 saturated heterocycles. The van der Waals surface area contributed by atoms with E-state index in [0.29, 0.717) is 12.4 Å². The first-order chi connectivity index (χ1) is 12.3. The van der Waals surface area contributed by atoms with Crippen molar-refractivity contribution < 1.29 is 4.79 Å². The lowest BCUT2D eigenvalue weighted by Crippen LogP contribution is -2.40. The SMILES string of the molecule is O=C(c1ncn[nH]1)N1CCCC(c2nccn2Cc2ccncc2)C1. The fourth-order valence-electron chi connectivity index (χ4n) is 3.33. The molecule has 3 aromatic rings. The lowest BCUT2D eigenvalue weighted by Gasteiger charge is -2.32. The molecule has 0 spiro atoms. The van der Waals surface area contributed by atoms with Gasteiger partial charge in [-0.3, -0.25) is 14.9 Å². The van der Waals surface area contributed by atoms with Crippen molar-refractivity contribution in [1.29, 1.82) is 0 Å². The maximum Gasteiger partial charge on any atom is 0.291 e. The quantitative estimate of drug-likeness (QED) is 0.778. The first-order valence-electron chi connectivity index (χ1n) is 8.36. The second-order valence-electron chi connectivity index (χ2n) is 6.19. The van der Waals surface area contributed by atoms with Crippen molar-refractivity contribution in [2.45, 2.75) is 25.3 Å². The first kappa shape index (κ1) is 15.5. The minimum Gasteiger partial charge on any atom is -0.335 e. The summed E-state index contributed by atoms with van der Waals surface area (Å²) in [5.74, 6) is 1.43. The topological polar surface area (TPSA) is 92.6 Å². The Kier molecular flexibility index (Phi) is 4.24. The molecule has 4 heterocycles. The number of imidazole rings is 1. The molecule has 1 fully saturated rings. The number of H-pyrrole nitrogens is 1. The zero-order valence-corrected chi connectivity index (χ0v) is 13.7. The average molecular weight is 337 g/mol. The summed E-state index contributed by atoms with van der Waals surface area (Å²) >= 11 is 0. The molecular weight excluding hydrogens is 318 g/mol. The number of nitrogens with one attached hydrogen (secondary N) is 1. The van der Waals surface area contributed by atoms with Crippen molar-refractivity contribution in [3.05, 3.63) is 60.5 Å². The van der Waals surface area contributed by atoms with Crippen molar-refractivity contribution in [3.8, 4) is 0 Å². The van der Waals surface area contributed by atoms with Crippen LogP contribution in [-0.2, 0) is 6.54 Å². The molecule has 128 valence electrons. The molecule has 1 N–H and O–H groups in total. The third-order valence-electron chi connectivity index (χ3n) is 4.54. The Bertz CT molecular complexity index is 828. The van der Waals surface area contributed by atoms with Crippen LogP contribution < -0.4 is 0 Å². The Hall–Kier alpha value is -3.03. The molecule has 1 aliphatic rings. The van der Waals surface area contributed by atoms with Crippen LogP contribution in [0.25, 0.3) is 0 Å². The highest BCUT2D eigenvalue weighted by Crippen LogP contribution is 2.26. The Labute approximate surface area is 144 Å². The van der Waals surface area contributed by atoms with Crippen molar-refractivity contribution in [3.63, 3.8) is 0 Å². The molecule has 25 heavy (non-hydrogen) atoms. The van der Waals surface area contributed by atoms with Crippen LogP contribution in [0.4, 0.5) is 0 Å². The van der Waals surface area contributed by atoms with E-state index >= 15 is 0 Å². The Morgan fingerprint density at radius 3 is 2.92 bits per heavy atom. The number of pyridine rings is 1. The van der Waals surface area contributed by atoms with Crippen LogP contribution >= 0.6 is 0 Å². The zero-order chi connectivity index (χ0) is 17.1. The predicted octanol–water partition coefficient (Wildman–Crippen LogP) is 1.46. The van der Waals surface area contributed by atoms with E-state index in [9.17, 15) is 4.79 Å². The van der Waals surface area contributed by atoms with Crippen molar-refractivity contribution >= 4 is 5.91 Å².